The minimum Gasteiger partial charge on any atom is -0.458 e. The van der Waals surface area contributed by atoms with E-state index in [0.717, 1.165) is 5.56 Å². The highest BCUT2D eigenvalue weighted by Crippen LogP contribution is 2.32. The maximum Gasteiger partial charge on any atom is 0.303 e. The van der Waals surface area contributed by atoms with E-state index >= 15 is 0 Å². The van der Waals surface area contributed by atoms with Gasteiger partial charge in [0.1, 0.15) is 6.10 Å². The molecule has 1 aromatic carbocycles. The van der Waals surface area contributed by atoms with Gasteiger partial charge in [-0.3, -0.25) is 9.59 Å². The van der Waals surface area contributed by atoms with Crippen molar-refractivity contribution < 1.29 is 14.3 Å². The minimum absolute atomic E-state index is 0.133. The molecule has 0 aliphatic heterocycles. The molecule has 1 atom stereocenters. The van der Waals surface area contributed by atoms with Gasteiger partial charge in [-0.15, -0.1) is 0 Å². The third-order valence-corrected chi connectivity index (χ3v) is 2.55. The summed E-state index contributed by atoms with van der Waals surface area (Å²) >= 11 is 0. The van der Waals surface area contributed by atoms with Crippen LogP contribution in [0.3, 0.4) is 0 Å². The molecular weight excluding hydrogens is 192 g/mol. The maximum atomic E-state index is 11.6. The number of hydrogen-bond acceptors (Lipinski definition) is 3. The minimum atomic E-state index is -0.302. The van der Waals surface area contributed by atoms with Gasteiger partial charge in [0.05, 0.1) is 0 Å². The molecule has 0 amide bonds. The van der Waals surface area contributed by atoms with E-state index in [1.54, 1.807) is 6.07 Å². The summed E-state index contributed by atoms with van der Waals surface area (Å²) in [6, 6.07) is 7.31. The molecule has 3 nitrogen and oxygen atoms in total. The Morgan fingerprint density at radius 2 is 2.13 bits per heavy atom. The fourth-order valence-electron chi connectivity index (χ4n) is 1.91. The molecular formula is C12H12O3. The van der Waals surface area contributed by atoms with Crippen LogP contribution < -0.4 is 0 Å². The Morgan fingerprint density at radius 1 is 1.40 bits per heavy atom. The van der Waals surface area contributed by atoms with Crippen LogP contribution in [0.15, 0.2) is 24.3 Å². The molecule has 0 saturated heterocycles. The zero-order chi connectivity index (χ0) is 10.8. The van der Waals surface area contributed by atoms with Crippen LogP contribution in [0, 0.1) is 0 Å². The van der Waals surface area contributed by atoms with Crippen molar-refractivity contribution in [2.75, 3.05) is 0 Å². The fraction of sp³-hybridized carbons (Fsp3) is 0.333. The van der Waals surface area contributed by atoms with E-state index in [0.29, 0.717) is 18.4 Å². The summed E-state index contributed by atoms with van der Waals surface area (Å²) in [5, 5.41) is 0. The van der Waals surface area contributed by atoms with E-state index in [4.69, 9.17) is 4.74 Å². The van der Waals surface area contributed by atoms with Crippen molar-refractivity contribution in [3.63, 3.8) is 0 Å². The van der Waals surface area contributed by atoms with E-state index in [1.165, 1.54) is 6.92 Å². The van der Waals surface area contributed by atoms with E-state index in [-0.39, 0.29) is 17.9 Å². The molecule has 1 unspecified atom stereocenters. The van der Waals surface area contributed by atoms with Crippen molar-refractivity contribution in [3.8, 4) is 0 Å². The number of hydrogen-bond donors (Lipinski definition) is 0. The summed E-state index contributed by atoms with van der Waals surface area (Å²) in [4.78, 5) is 22.5. The molecule has 1 aliphatic rings. The van der Waals surface area contributed by atoms with Crippen molar-refractivity contribution in [1.29, 1.82) is 0 Å². The lowest BCUT2D eigenvalue weighted by atomic mass is 9.88. The molecule has 0 spiro atoms. The third kappa shape index (κ3) is 1.91. The van der Waals surface area contributed by atoms with Gasteiger partial charge >= 0.3 is 5.97 Å². The largest absolute Gasteiger partial charge is 0.458 e. The normalized spacial score (nSPS) is 19.5. The van der Waals surface area contributed by atoms with Gasteiger partial charge in [-0.25, -0.2) is 0 Å². The highest BCUT2D eigenvalue weighted by Gasteiger charge is 2.26. The van der Waals surface area contributed by atoms with Crippen LogP contribution in [0.5, 0.6) is 0 Å². The van der Waals surface area contributed by atoms with Crippen LogP contribution in [0.1, 0.15) is 41.8 Å². The lowest BCUT2D eigenvalue weighted by Crippen LogP contribution is -2.19. The standard InChI is InChI=1S/C12H12O3/c1-8(13)15-12-7-6-11(14)9-4-2-3-5-10(9)12/h2-5,12H,6-7H2,1H3. The average Bonchev–Trinajstić information content (AvgIpc) is 2.22. The van der Waals surface area contributed by atoms with Gasteiger partial charge in [-0.2, -0.15) is 0 Å². The van der Waals surface area contributed by atoms with Crippen molar-refractivity contribution in [2.24, 2.45) is 0 Å². The summed E-state index contributed by atoms with van der Waals surface area (Å²) in [5.74, 6) is -0.168. The van der Waals surface area contributed by atoms with Gasteiger partial charge in [-0.1, -0.05) is 24.3 Å². The van der Waals surface area contributed by atoms with Crippen molar-refractivity contribution in [1.82, 2.24) is 0 Å². The summed E-state index contributed by atoms with van der Waals surface area (Å²) in [7, 11) is 0. The van der Waals surface area contributed by atoms with Crippen LogP contribution in [0.2, 0.25) is 0 Å². The van der Waals surface area contributed by atoms with Crippen molar-refractivity contribution in [3.05, 3.63) is 35.4 Å². The van der Waals surface area contributed by atoms with E-state index < -0.39 is 0 Å². The van der Waals surface area contributed by atoms with E-state index in [9.17, 15) is 9.59 Å². The lowest BCUT2D eigenvalue weighted by Gasteiger charge is -2.23. The first kappa shape index (κ1) is 9.90. The Bertz CT molecular complexity index is 409. The number of Topliss-reactive ketones (excluding diaryl/α,β-unsaturated/α-hetero) is 1. The Morgan fingerprint density at radius 3 is 2.87 bits per heavy atom. The molecule has 0 radical (unpaired) electrons. The van der Waals surface area contributed by atoms with Crippen LogP contribution in [0.4, 0.5) is 0 Å². The predicted molar refractivity (Wildman–Crippen MR) is 54.5 cm³/mol. The number of ether oxygens (including phenoxy) is 1. The third-order valence-electron chi connectivity index (χ3n) is 2.55. The monoisotopic (exact) mass is 204 g/mol. The van der Waals surface area contributed by atoms with Gasteiger partial charge in [-0.05, 0) is 6.42 Å². The molecule has 0 aromatic heterocycles. The second-order valence-electron chi connectivity index (χ2n) is 3.65. The summed E-state index contributed by atoms with van der Waals surface area (Å²) in [5.41, 5.74) is 1.53. The zero-order valence-corrected chi connectivity index (χ0v) is 8.53. The van der Waals surface area contributed by atoms with E-state index in [2.05, 4.69) is 0 Å². The highest BCUT2D eigenvalue weighted by molar-refractivity contribution is 5.98. The molecule has 0 fully saturated rings. The number of carbonyl (C=O) groups excluding carboxylic acids is 2. The molecule has 2 rings (SSSR count). The average molecular weight is 204 g/mol. The molecule has 1 aromatic rings. The first-order valence-electron chi connectivity index (χ1n) is 4.98. The van der Waals surface area contributed by atoms with E-state index in [1.807, 2.05) is 18.2 Å². The van der Waals surface area contributed by atoms with Crippen LogP contribution in [0.25, 0.3) is 0 Å². The number of ketones is 1. The number of esters is 1. The Balaban J connectivity index is 2.36. The number of rotatable bonds is 1. The second-order valence-corrected chi connectivity index (χ2v) is 3.65. The molecule has 0 heterocycles. The van der Waals surface area contributed by atoms with Crippen LogP contribution in [-0.4, -0.2) is 11.8 Å². The van der Waals surface area contributed by atoms with Crippen LogP contribution in [-0.2, 0) is 9.53 Å². The molecule has 0 N–H and O–H groups in total. The molecule has 78 valence electrons. The quantitative estimate of drug-likeness (QED) is 0.659. The van der Waals surface area contributed by atoms with Gasteiger partial charge in [0.2, 0.25) is 0 Å². The van der Waals surface area contributed by atoms with Gasteiger partial charge in [0, 0.05) is 24.5 Å². The molecule has 1 aliphatic carbocycles. The Labute approximate surface area is 88.1 Å². The summed E-state index contributed by atoms with van der Waals surface area (Å²) < 4.78 is 5.17. The first-order chi connectivity index (χ1) is 7.18. The summed E-state index contributed by atoms with van der Waals surface area (Å²) in [6.07, 6.45) is 0.793. The van der Waals surface area contributed by atoms with Crippen LogP contribution >= 0.6 is 0 Å². The SMILES string of the molecule is CC(=O)OC1CCC(=O)c2ccccc21. The number of fused-ring (bicyclic) bond motifs is 1. The molecule has 0 bridgehead atoms. The first-order valence-corrected chi connectivity index (χ1v) is 4.98. The summed E-state index contributed by atoms with van der Waals surface area (Å²) in [6.45, 7) is 1.39. The molecule has 15 heavy (non-hydrogen) atoms. The number of carbonyl (C=O) groups is 2. The van der Waals surface area contributed by atoms with Gasteiger partial charge < -0.3 is 4.74 Å². The zero-order valence-electron chi connectivity index (χ0n) is 8.53. The Hall–Kier alpha value is -1.64. The number of benzene rings is 1. The topological polar surface area (TPSA) is 43.4 Å². The highest BCUT2D eigenvalue weighted by atomic mass is 16.5. The second kappa shape index (κ2) is 3.85. The smallest absolute Gasteiger partial charge is 0.303 e. The molecule has 3 heteroatoms. The Kier molecular flexibility index (Phi) is 2.54. The lowest BCUT2D eigenvalue weighted by molar-refractivity contribution is -0.147. The van der Waals surface area contributed by atoms with Gasteiger partial charge in [0.15, 0.2) is 5.78 Å². The van der Waals surface area contributed by atoms with Crippen molar-refractivity contribution >= 4 is 11.8 Å². The van der Waals surface area contributed by atoms with Crippen molar-refractivity contribution in [2.45, 2.75) is 25.9 Å². The maximum absolute atomic E-state index is 11.6. The predicted octanol–water partition coefficient (Wildman–Crippen LogP) is 2.27. The molecule has 0 saturated carbocycles. The van der Waals surface area contributed by atoms with Gasteiger partial charge in [0.25, 0.3) is 0 Å². The fourth-order valence-corrected chi connectivity index (χ4v) is 1.91.